The van der Waals surface area contributed by atoms with Gasteiger partial charge in [0.1, 0.15) is 41.7 Å². The number of rotatable bonds is 25. The number of carboxylic acids is 1. The Bertz CT molecular complexity index is 2640. The summed E-state index contributed by atoms with van der Waals surface area (Å²) >= 11 is 0. The average molecular weight is 943 g/mol. The molecule has 69 heavy (non-hydrogen) atoms. The number of aromatic hydroxyl groups is 2. The van der Waals surface area contributed by atoms with Gasteiger partial charge in [0.2, 0.25) is 29.5 Å². The monoisotopic (exact) mass is 942 g/mol. The van der Waals surface area contributed by atoms with Crippen LogP contribution in [0.25, 0.3) is 10.9 Å². The van der Waals surface area contributed by atoms with Crippen molar-refractivity contribution < 1.29 is 44.1 Å². The minimum Gasteiger partial charge on any atom is -0.508 e. The first-order valence-corrected chi connectivity index (χ1v) is 22.6. The number of amides is 5. The maximum atomic E-state index is 14.8. The van der Waals surface area contributed by atoms with E-state index < -0.39 is 71.8 Å². The predicted octanol–water partition coefficient (Wildman–Crippen LogP) is 1.78. The number of para-hydroxylation sites is 1. The van der Waals surface area contributed by atoms with Crippen LogP contribution in [0.5, 0.6) is 11.5 Å². The largest absolute Gasteiger partial charge is 0.508 e. The molecule has 4 aromatic carbocycles. The van der Waals surface area contributed by atoms with Gasteiger partial charge in [0.05, 0.1) is 12.4 Å². The second-order valence-electron chi connectivity index (χ2n) is 16.8. The van der Waals surface area contributed by atoms with E-state index in [1.807, 2.05) is 24.3 Å². The number of carboxylic acid groups (broad SMARTS) is 1. The number of nitrogens with one attached hydrogen (secondary N) is 7. The number of hydrogen-bond donors (Lipinski definition) is 12. The molecule has 0 fully saturated rings. The number of phenolic OH excluding ortho intramolecular Hbond substituents is 2. The van der Waals surface area contributed by atoms with E-state index in [0.717, 1.165) is 10.9 Å². The van der Waals surface area contributed by atoms with Gasteiger partial charge in [0.15, 0.2) is 0 Å². The van der Waals surface area contributed by atoms with Gasteiger partial charge in [-0.1, -0.05) is 72.8 Å². The molecule has 0 radical (unpaired) electrons. The molecular weight excluding hydrogens is 885 g/mol. The van der Waals surface area contributed by atoms with E-state index in [9.17, 15) is 44.1 Å². The third-order valence-electron chi connectivity index (χ3n) is 11.6. The summed E-state index contributed by atoms with van der Waals surface area (Å²) in [4.78, 5) is 93.8. The summed E-state index contributed by atoms with van der Waals surface area (Å²) in [6, 6.07) is 20.5. The van der Waals surface area contributed by atoms with Gasteiger partial charge in [0, 0.05) is 61.1 Å². The van der Waals surface area contributed by atoms with Crippen LogP contribution < -0.4 is 38.1 Å². The number of H-pyrrole nitrogens is 2. The molecule has 0 saturated heterocycles. The Balaban J connectivity index is 1.30. The van der Waals surface area contributed by atoms with Crippen molar-refractivity contribution in [2.24, 2.45) is 11.5 Å². The minimum atomic E-state index is -1.36. The molecule has 0 bridgehead atoms. The van der Waals surface area contributed by atoms with Gasteiger partial charge < -0.3 is 63.3 Å². The van der Waals surface area contributed by atoms with Gasteiger partial charge in [-0.3, -0.25) is 24.0 Å². The minimum absolute atomic E-state index is 0.00925. The van der Waals surface area contributed by atoms with Crippen molar-refractivity contribution in [1.29, 1.82) is 0 Å². The number of nitrogens with zero attached hydrogens (tertiary/aromatic N) is 1. The molecule has 6 rings (SSSR count). The molecule has 2 aromatic heterocycles. The highest BCUT2D eigenvalue weighted by Gasteiger charge is 2.34. The van der Waals surface area contributed by atoms with Gasteiger partial charge in [-0.25, -0.2) is 9.78 Å². The van der Waals surface area contributed by atoms with Crippen LogP contribution in [0.3, 0.4) is 0 Å². The van der Waals surface area contributed by atoms with Crippen molar-refractivity contribution in [2.45, 2.75) is 87.6 Å². The van der Waals surface area contributed by atoms with Crippen molar-refractivity contribution in [3.8, 4) is 11.5 Å². The first kappa shape index (κ1) is 50.4. The molecule has 6 atom stereocenters. The van der Waals surface area contributed by atoms with Crippen LogP contribution >= 0.6 is 0 Å². The number of carbonyl (C=O) groups is 6. The number of aliphatic carboxylic acids is 1. The third kappa shape index (κ3) is 15.0. The third-order valence-corrected chi connectivity index (χ3v) is 11.6. The molecule has 0 saturated carbocycles. The number of phenols is 2. The van der Waals surface area contributed by atoms with E-state index in [4.69, 9.17) is 11.5 Å². The maximum Gasteiger partial charge on any atom is 0.326 e. The Kier molecular flexibility index (Phi) is 18.0. The van der Waals surface area contributed by atoms with Crippen molar-refractivity contribution in [2.75, 3.05) is 6.54 Å². The lowest BCUT2D eigenvalue weighted by Gasteiger charge is -2.27. The number of fused-ring (bicyclic) bond motifs is 1. The molecule has 14 N–H and O–H groups in total. The fourth-order valence-electron chi connectivity index (χ4n) is 7.79. The molecule has 0 spiro atoms. The lowest BCUT2D eigenvalue weighted by Crippen LogP contribution is -2.60. The van der Waals surface area contributed by atoms with Crippen molar-refractivity contribution in [3.63, 3.8) is 0 Å². The van der Waals surface area contributed by atoms with Crippen molar-refractivity contribution in [1.82, 2.24) is 41.5 Å². The number of unbranched alkanes of at least 4 members (excludes halogenated alkanes) is 1. The van der Waals surface area contributed by atoms with E-state index in [0.29, 0.717) is 47.3 Å². The number of carbonyl (C=O) groups excluding carboxylic acids is 5. The van der Waals surface area contributed by atoms with Gasteiger partial charge >= 0.3 is 5.97 Å². The number of imidazole rings is 1. The van der Waals surface area contributed by atoms with Crippen LogP contribution in [0.1, 0.15) is 47.2 Å². The molecule has 19 nitrogen and oxygen atoms in total. The first-order valence-electron chi connectivity index (χ1n) is 22.6. The quantitative estimate of drug-likeness (QED) is 0.0366. The Hall–Kier alpha value is -8.03. The lowest BCUT2D eigenvalue weighted by atomic mass is 9.99. The van der Waals surface area contributed by atoms with Gasteiger partial charge in [-0.2, -0.15) is 0 Å². The predicted molar refractivity (Wildman–Crippen MR) is 256 cm³/mol. The van der Waals surface area contributed by atoms with E-state index in [-0.39, 0.29) is 50.0 Å². The van der Waals surface area contributed by atoms with Crippen LogP contribution in [0.2, 0.25) is 0 Å². The van der Waals surface area contributed by atoms with Gasteiger partial charge in [0.25, 0.3) is 0 Å². The second-order valence-corrected chi connectivity index (χ2v) is 16.8. The molecule has 0 aliphatic rings. The van der Waals surface area contributed by atoms with Crippen LogP contribution in [-0.2, 0) is 60.9 Å². The van der Waals surface area contributed by atoms with Gasteiger partial charge in [-0.05, 0) is 78.4 Å². The van der Waals surface area contributed by atoms with Crippen molar-refractivity contribution in [3.05, 3.63) is 150 Å². The molecule has 5 amide bonds. The fourth-order valence-corrected chi connectivity index (χ4v) is 7.79. The van der Waals surface area contributed by atoms with E-state index in [1.54, 1.807) is 60.8 Å². The molecule has 19 heteroatoms. The van der Waals surface area contributed by atoms with E-state index in [2.05, 4.69) is 41.5 Å². The molecule has 2 heterocycles. The summed E-state index contributed by atoms with van der Waals surface area (Å²) in [5.74, 6) is -5.08. The molecule has 0 aliphatic heterocycles. The average Bonchev–Trinajstić information content (AvgIpc) is 4.02. The summed E-state index contributed by atoms with van der Waals surface area (Å²) in [5, 5.41) is 44.3. The Labute approximate surface area is 397 Å². The van der Waals surface area contributed by atoms with Crippen molar-refractivity contribution >= 4 is 46.4 Å². The Morgan fingerprint density at radius 1 is 0.551 bits per heavy atom. The number of benzene rings is 4. The highest BCUT2D eigenvalue weighted by Crippen LogP contribution is 2.20. The summed E-state index contributed by atoms with van der Waals surface area (Å²) < 4.78 is 0. The summed E-state index contributed by atoms with van der Waals surface area (Å²) in [6.07, 6.45) is 5.50. The fraction of sp³-hybridized carbons (Fsp3) is 0.300. The highest BCUT2D eigenvalue weighted by molar-refractivity contribution is 5.97. The number of nitrogens with two attached hydrogens (primary N) is 2. The summed E-state index contributed by atoms with van der Waals surface area (Å²) in [7, 11) is 0. The topological polar surface area (TPSA) is 320 Å². The Morgan fingerprint density at radius 3 is 1.54 bits per heavy atom. The molecule has 362 valence electrons. The zero-order valence-corrected chi connectivity index (χ0v) is 37.8. The summed E-state index contributed by atoms with van der Waals surface area (Å²) in [5.41, 5.74) is 15.7. The maximum absolute atomic E-state index is 14.8. The Morgan fingerprint density at radius 2 is 1.03 bits per heavy atom. The number of hydrogen-bond acceptors (Lipinski definition) is 11. The first-order chi connectivity index (χ1) is 33.3. The second kappa shape index (κ2) is 24.7. The molecule has 6 aromatic rings. The lowest BCUT2D eigenvalue weighted by molar-refractivity contribution is -0.142. The van der Waals surface area contributed by atoms with E-state index >= 15 is 0 Å². The molecule has 0 unspecified atom stereocenters. The van der Waals surface area contributed by atoms with Crippen LogP contribution in [0.15, 0.2) is 122 Å². The summed E-state index contributed by atoms with van der Waals surface area (Å²) in [6.45, 7) is 0.333. The molecule has 0 aliphatic carbocycles. The van der Waals surface area contributed by atoms with Crippen LogP contribution in [0, 0.1) is 0 Å². The SMILES string of the molecule is NCCCC[C@H](NC(=O)[C@H](Cc1ccc(O)cc1)NC(=O)[C@H](Cc1ccccc1)NC(=O)[C@H](Cc1c[nH]c2ccccc12)NC(=O)[C@H](Cc1ccc(O)cc1)NC(=O)[C@@H](N)Cc1cnc[nH]1)C(=O)O. The van der Waals surface area contributed by atoms with Crippen LogP contribution in [-0.4, -0.2) is 109 Å². The smallest absolute Gasteiger partial charge is 0.326 e. The number of aromatic amines is 2. The standard InChI is InChI=1S/C50H58N10O9/c51-21-7-6-12-40(50(68)69)56-46(64)43(24-32-15-19-36(62)20-16-32)58-48(66)42(22-30-8-2-1-3-9-30)59-49(67)44(25-33-27-54-39-11-5-4-10-37(33)39)60-47(65)41(23-31-13-17-35(61)18-14-31)57-45(63)38(52)26-34-28-53-29-55-34/h1-5,8-11,13-20,27-29,38,40-44,54,61-62H,6-7,12,21-26,51-52H2,(H,53,55)(H,56,64)(H,57,63)(H,58,66)(H,59,67)(H,60,65)(H,68,69)/t38-,40-,41-,42-,43-,44-/m0/s1. The zero-order valence-electron chi connectivity index (χ0n) is 37.8. The molecular formula is C50H58N10O9. The highest BCUT2D eigenvalue weighted by atomic mass is 16.4. The van der Waals surface area contributed by atoms with E-state index in [1.165, 1.54) is 36.8 Å². The van der Waals surface area contributed by atoms with Gasteiger partial charge in [-0.15, -0.1) is 0 Å². The zero-order chi connectivity index (χ0) is 49.3. The normalized spacial score (nSPS) is 13.8. The van der Waals surface area contributed by atoms with Crippen LogP contribution in [0.4, 0.5) is 0 Å². The number of aromatic nitrogens is 3.